The quantitative estimate of drug-likeness (QED) is 0.937. The maximum atomic E-state index is 13.1. The second-order valence-electron chi connectivity index (χ2n) is 4.74. The van der Waals surface area contributed by atoms with Gasteiger partial charge in [0.1, 0.15) is 11.6 Å². The Bertz CT molecular complexity index is 724. The summed E-state index contributed by atoms with van der Waals surface area (Å²) in [7, 11) is 0. The Labute approximate surface area is 122 Å². The number of nitrogens with zero attached hydrogens (tertiary/aromatic N) is 2. The van der Waals surface area contributed by atoms with Crippen molar-refractivity contribution in [2.24, 2.45) is 0 Å². The molecule has 0 atom stereocenters. The van der Waals surface area contributed by atoms with E-state index >= 15 is 0 Å². The molecule has 0 radical (unpaired) electrons. The number of allylic oxidation sites excluding steroid dienone is 6. The molecule has 2 aromatic rings. The third kappa shape index (κ3) is 2.85. The Kier molecular flexibility index (Phi) is 3.79. The van der Waals surface area contributed by atoms with E-state index in [9.17, 15) is 9.50 Å². The average Bonchev–Trinajstić information content (AvgIpc) is 2.75. The Morgan fingerprint density at radius 2 is 2.00 bits per heavy atom. The van der Waals surface area contributed by atoms with Gasteiger partial charge in [0.15, 0.2) is 0 Å². The van der Waals surface area contributed by atoms with Gasteiger partial charge >= 0.3 is 0 Å². The van der Waals surface area contributed by atoms with Crippen LogP contribution >= 0.6 is 0 Å². The summed E-state index contributed by atoms with van der Waals surface area (Å²) in [6, 6.07) is 6.22. The molecule has 1 aliphatic carbocycles. The molecule has 0 unspecified atom stereocenters. The molecule has 0 amide bonds. The van der Waals surface area contributed by atoms with Crippen molar-refractivity contribution in [2.75, 3.05) is 0 Å². The van der Waals surface area contributed by atoms with Gasteiger partial charge in [0.25, 0.3) is 0 Å². The molecule has 106 valence electrons. The first-order valence-electron chi connectivity index (χ1n) is 6.77. The molecule has 1 aromatic heterocycles. The summed E-state index contributed by atoms with van der Waals surface area (Å²) in [6.07, 6.45) is 12.7. The van der Waals surface area contributed by atoms with Crippen LogP contribution in [0.5, 0.6) is 0 Å². The predicted octanol–water partition coefficient (Wildman–Crippen LogP) is 3.40. The van der Waals surface area contributed by atoms with Crippen LogP contribution in [-0.2, 0) is 6.61 Å². The zero-order valence-corrected chi connectivity index (χ0v) is 11.4. The molecule has 0 aliphatic heterocycles. The van der Waals surface area contributed by atoms with Crippen LogP contribution in [-0.4, -0.2) is 14.7 Å². The highest BCUT2D eigenvalue weighted by Gasteiger charge is 2.12. The highest BCUT2D eigenvalue weighted by atomic mass is 19.1. The molecule has 0 fully saturated rings. The second-order valence-corrected chi connectivity index (χ2v) is 4.74. The van der Waals surface area contributed by atoms with Crippen LogP contribution in [0.3, 0.4) is 0 Å². The van der Waals surface area contributed by atoms with Gasteiger partial charge in [-0.3, -0.25) is 4.57 Å². The average molecular weight is 282 g/mol. The van der Waals surface area contributed by atoms with Gasteiger partial charge in [0.2, 0.25) is 0 Å². The second kappa shape index (κ2) is 5.89. The fourth-order valence-electron chi connectivity index (χ4n) is 2.25. The van der Waals surface area contributed by atoms with E-state index in [0.717, 1.165) is 23.5 Å². The molecular formula is C17H15FN2O. The SMILES string of the molecule is OCc1cn(-c2ccc(F)cc2)c(C2=CCC=CC=C2)n1. The zero-order valence-electron chi connectivity index (χ0n) is 11.4. The maximum absolute atomic E-state index is 13.1. The van der Waals surface area contributed by atoms with Gasteiger partial charge in [0.05, 0.1) is 12.3 Å². The van der Waals surface area contributed by atoms with Crippen LogP contribution in [0.15, 0.2) is 60.8 Å². The lowest BCUT2D eigenvalue weighted by molar-refractivity contribution is 0.277. The van der Waals surface area contributed by atoms with E-state index in [1.165, 1.54) is 12.1 Å². The van der Waals surface area contributed by atoms with E-state index < -0.39 is 0 Å². The molecule has 0 bridgehead atoms. The van der Waals surface area contributed by atoms with E-state index in [4.69, 9.17) is 0 Å². The monoisotopic (exact) mass is 282 g/mol. The standard InChI is InChI=1S/C17H15FN2O/c18-14-7-9-16(10-8-14)20-11-15(12-21)19-17(20)13-5-3-1-2-4-6-13/h1-3,5-11,21H,4,12H2. The van der Waals surface area contributed by atoms with Crippen LogP contribution in [0.4, 0.5) is 4.39 Å². The van der Waals surface area contributed by atoms with Gasteiger partial charge in [-0.15, -0.1) is 0 Å². The summed E-state index contributed by atoms with van der Waals surface area (Å²) < 4.78 is 15.0. The van der Waals surface area contributed by atoms with E-state index in [0.29, 0.717) is 5.69 Å². The Hall–Kier alpha value is -2.46. The minimum Gasteiger partial charge on any atom is -0.390 e. The lowest BCUT2D eigenvalue weighted by Gasteiger charge is -2.08. The molecule has 0 saturated carbocycles. The number of aromatic nitrogens is 2. The summed E-state index contributed by atoms with van der Waals surface area (Å²) in [6.45, 7) is -0.129. The third-order valence-corrected chi connectivity index (χ3v) is 3.28. The summed E-state index contributed by atoms with van der Waals surface area (Å²) in [5, 5.41) is 9.33. The normalized spacial score (nSPS) is 14.1. The topological polar surface area (TPSA) is 38.0 Å². The summed E-state index contributed by atoms with van der Waals surface area (Å²) >= 11 is 0. The van der Waals surface area contributed by atoms with E-state index in [2.05, 4.69) is 17.1 Å². The van der Waals surface area contributed by atoms with Crippen LogP contribution in [0.1, 0.15) is 17.9 Å². The van der Waals surface area contributed by atoms with Crippen molar-refractivity contribution in [3.63, 3.8) is 0 Å². The van der Waals surface area contributed by atoms with Crippen molar-refractivity contribution < 1.29 is 9.50 Å². The van der Waals surface area contributed by atoms with Crippen LogP contribution in [0.2, 0.25) is 0 Å². The Balaban J connectivity index is 2.09. The zero-order chi connectivity index (χ0) is 14.7. The molecule has 1 aromatic carbocycles. The molecule has 4 heteroatoms. The minimum absolute atomic E-state index is 0.129. The summed E-state index contributed by atoms with van der Waals surface area (Å²) in [5.74, 6) is 0.464. The number of benzene rings is 1. The molecule has 0 spiro atoms. The number of halogens is 1. The summed E-state index contributed by atoms with van der Waals surface area (Å²) in [5.41, 5.74) is 2.37. The third-order valence-electron chi connectivity index (χ3n) is 3.28. The fourth-order valence-corrected chi connectivity index (χ4v) is 2.25. The molecule has 21 heavy (non-hydrogen) atoms. The van der Waals surface area contributed by atoms with Crippen molar-refractivity contribution in [3.05, 3.63) is 78.2 Å². The van der Waals surface area contributed by atoms with Crippen molar-refractivity contribution in [3.8, 4) is 5.69 Å². The smallest absolute Gasteiger partial charge is 0.144 e. The molecule has 3 nitrogen and oxygen atoms in total. The molecule has 1 N–H and O–H groups in total. The minimum atomic E-state index is -0.277. The van der Waals surface area contributed by atoms with Crippen molar-refractivity contribution >= 4 is 5.57 Å². The van der Waals surface area contributed by atoms with Gasteiger partial charge < -0.3 is 5.11 Å². The number of aliphatic hydroxyl groups excluding tert-OH is 1. The lowest BCUT2D eigenvalue weighted by atomic mass is 10.2. The number of imidazole rings is 1. The first-order chi connectivity index (χ1) is 10.3. The number of hydrogen-bond acceptors (Lipinski definition) is 2. The Morgan fingerprint density at radius 3 is 2.76 bits per heavy atom. The van der Waals surface area contributed by atoms with Crippen molar-refractivity contribution in [1.82, 2.24) is 9.55 Å². The van der Waals surface area contributed by atoms with Crippen molar-refractivity contribution in [2.45, 2.75) is 13.0 Å². The van der Waals surface area contributed by atoms with Gasteiger partial charge in [0, 0.05) is 17.5 Å². The van der Waals surface area contributed by atoms with Crippen LogP contribution in [0, 0.1) is 5.82 Å². The van der Waals surface area contributed by atoms with Gasteiger partial charge in [-0.25, -0.2) is 9.37 Å². The summed E-state index contributed by atoms with van der Waals surface area (Å²) in [4.78, 5) is 4.46. The highest BCUT2D eigenvalue weighted by molar-refractivity contribution is 5.72. The Morgan fingerprint density at radius 1 is 1.19 bits per heavy atom. The molecule has 1 heterocycles. The van der Waals surface area contributed by atoms with Crippen LogP contribution in [0.25, 0.3) is 11.3 Å². The van der Waals surface area contributed by atoms with E-state index in [1.807, 2.05) is 22.8 Å². The van der Waals surface area contributed by atoms with Gasteiger partial charge in [-0.05, 0) is 30.7 Å². The van der Waals surface area contributed by atoms with Gasteiger partial charge in [-0.2, -0.15) is 0 Å². The van der Waals surface area contributed by atoms with E-state index in [-0.39, 0.29) is 12.4 Å². The van der Waals surface area contributed by atoms with E-state index in [1.54, 1.807) is 18.3 Å². The maximum Gasteiger partial charge on any atom is 0.144 e. The molecular weight excluding hydrogens is 267 g/mol. The first-order valence-corrected chi connectivity index (χ1v) is 6.77. The number of aliphatic hydroxyl groups is 1. The lowest BCUT2D eigenvalue weighted by Crippen LogP contribution is -1.99. The van der Waals surface area contributed by atoms with Gasteiger partial charge in [-0.1, -0.05) is 30.4 Å². The van der Waals surface area contributed by atoms with Crippen LogP contribution < -0.4 is 0 Å². The molecule has 0 saturated heterocycles. The largest absolute Gasteiger partial charge is 0.390 e. The predicted molar refractivity (Wildman–Crippen MR) is 80.3 cm³/mol. The number of hydrogen-bond donors (Lipinski definition) is 1. The highest BCUT2D eigenvalue weighted by Crippen LogP contribution is 2.22. The van der Waals surface area contributed by atoms with Crippen molar-refractivity contribution in [1.29, 1.82) is 0 Å². The molecule has 1 aliphatic rings. The first kappa shape index (κ1) is 13.5. The number of rotatable bonds is 3. The molecule has 3 rings (SSSR count). The fraction of sp³-hybridized carbons (Fsp3) is 0.118.